The van der Waals surface area contributed by atoms with Gasteiger partial charge in [0, 0.05) is 18.7 Å². The van der Waals surface area contributed by atoms with Crippen molar-refractivity contribution in [3.8, 4) is 0 Å². The van der Waals surface area contributed by atoms with E-state index in [1.165, 1.54) is 6.33 Å². The van der Waals surface area contributed by atoms with Gasteiger partial charge >= 0.3 is 0 Å². The maximum absolute atomic E-state index is 12.6. The fourth-order valence-corrected chi connectivity index (χ4v) is 2.74. The molecule has 1 aromatic heterocycles. The molecule has 0 saturated heterocycles. The van der Waals surface area contributed by atoms with E-state index >= 15 is 0 Å². The number of anilines is 3. The molecule has 5 N–H and O–H groups in total. The summed E-state index contributed by atoms with van der Waals surface area (Å²) in [5.41, 5.74) is 12.4. The van der Waals surface area contributed by atoms with Crippen LogP contribution in [0, 0.1) is 0 Å². The summed E-state index contributed by atoms with van der Waals surface area (Å²) >= 11 is 0. The Bertz CT molecular complexity index is 941. The highest BCUT2D eigenvalue weighted by atomic mass is 16.5. The summed E-state index contributed by atoms with van der Waals surface area (Å²) in [4.78, 5) is 20.8. The second kappa shape index (κ2) is 8.33. The van der Waals surface area contributed by atoms with Crippen molar-refractivity contribution < 1.29 is 9.53 Å². The first-order valence-electron chi connectivity index (χ1n) is 8.50. The summed E-state index contributed by atoms with van der Waals surface area (Å²) in [6.45, 7) is 2.45. The van der Waals surface area contributed by atoms with Gasteiger partial charge in [-0.3, -0.25) is 15.6 Å². The standard InChI is InChI=1S/C19H22N6O2/c1-12(10-27-2)23-17-16(20)18(22-11-21-17)24-25-19(26)15-9-5-7-13-6-3-4-8-14(13)15/h3-9,11-12H,10,20H2,1-2H3,(H,25,26)(H2,21,22,23,24). The Labute approximate surface area is 157 Å². The van der Waals surface area contributed by atoms with E-state index in [4.69, 9.17) is 10.5 Å². The second-order valence-corrected chi connectivity index (χ2v) is 6.09. The van der Waals surface area contributed by atoms with Crippen molar-refractivity contribution in [2.75, 3.05) is 30.2 Å². The number of ether oxygens (including phenoxy) is 1. The Morgan fingerprint density at radius 2 is 1.89 bits per heavy atom. The highest BCUT2D eigenvalue weighted by Crippen LogP contribution is 2.23. The molecule has 0 spiro atoms. The molecule has 27 heavy (non-hydrogen) atoms. The Morgan fingerprint density at radius 3 is 2.70 bits per heavy atom. The smallest absolute Gasteiger partial charge is 0.270 e. The molecular formula is C19H22N6O2. The average molecular weight is 366 g/mol. The summed E-state index contributed by atoms with van der Waals surface area (Å²) in [6.07, 6.45) is 1.37. The minimum atomic E-state index is -0.285. The van der Waals surface area contributed by atoms with Crippen LogP contribution >= 0.6 is 0 Å². The topological polar surface area (TPSA) is 114 Å². The lowest BCUT2D eigenvalue weighted by atomic mass is 10.0. The van der Waals surface area contributed by atoms with Crippen molar-refractivity contribution in [3.63, 3.8) is 0 Å². The Morgan fingerprint density at radius 1 is 1.15 bits per heavy atom. The molecule has 0 aliphatic heterocycles. The van der Waals surface area contributed by atoms with Crippen LogP contribution in [0.3, 0.4) is 0 Å². The van der Waals surface area contributed by atoms with E-state index in [1.54, 1.807) is 13.2 Å². The number of carbonyl (C=O) groups excluding carboxylic acids is 1. The molecule has 1 heterocycles. The molecule has 1 amide bonds. The van der Waals surface area contributed by atoms with Gasteiger partial charge in [-0.1, -0.05) is 36.4 Å². The van der Waals surface area contributed by atoms with Crippen LogP contribution < -0.4 is 21.9 Å². The number of nitrogens with one attached hydrogen (secondary N) is 3. The van der Waals surface area contributed by atoms with Gasteiger partial charge in [-0.2, -0.15) is 0 Å². The minimum Gasteiger partial charge on any atom is -0.393 e. The number of nitrogen functional groups attached to an aromatic ring is 1. The number of hydrogen-bond acceptors (Lipinski definition) is 7. The van der Waals surface area contributed by atoms with Crippen molar-refractivity contribution >= 4 is 34.0 Å². The molecule has 2 aromatic carbocycles. The van der Waals surface area contributed by atoms with Gasteiger partial charge in [0.25, 0.3) is 5.91 Å². The van der Waals surface area contributed by atoms with Gasteiger partial charge in [-0.15, -0.1) is 0 Å². The van der Waals surface area contributed by atoms with E-state index in [0.717, 1.165) is 10.8 Å². The van der Waals surface area contributed by atoms with Crippen molar-refractivity contribution in [3.05, 3.63) is 54.4 Å². The number of hydrazine groups is 1. The third kappa shape index (κ3) is 4.24. The number of aromatic nitrogens is 2. The summed E-state index contributed by atoms with van der Waals surface area (Å²) in [5, 5.41) is 5.00. The third-order valence-electron chi connectivity index (χ3n) is 4.01. The number of amides is 1. The minimum absolute atomic E-state index is 0.0188. The van der Waals surface area contributed by atoms with Crippen LogP contribution in [0.5, 0.6) is 0 Å². The van der Waals surface area contributed by atoms with E-state index in [9.17, 15) is 4.79 Å². The van der Waals surface area contributed by atoms with Gasteiger partial charge in [0.2, 0.25) is 0 Å². The normalized spacial score (nSPS) is 11.8. The molecule has 3 rings (SSSR count). The van der Waals surface area contributed by atoms with Gasteiger partial charge in [0.1, 0.15) is 12.0 Å². The van der Waals surface area contributed by atoms with Crippen LogP contribution in [0.2, 0.25) is 0 Å². The molecule has 3 aromatic rings. The molecule has 0 aliphatic carbocycles. The Hall–Kier alpha value is -3.39. The van der Waals surface area contributed by atoms with Crippen LogP contribution in [0.4, 0.5) is 17.3 Å². The molecule has 8 heteroatoms. The van der Waals surface area contributed by atoms with Crippen molar-refractivity contribution in [2.45, 2.75) is 13.0 Å². The first-order chi connectivity index (χ1) is 13.1. The highest BCUT2D eigenvalue weighted by Gasteiger charge is 2.13. The van der Waals surface area contributed by atoms with E-state index < -0.39 is 0 Å². The number of benzene rings is 2. The van der Waals surface area contributed by atoms with Crippen molar-refractivity contribution in [2.24, 2.45) is 0 Å². The van der Waals surface area contributed by atoms with Crippen molar-refractivity contribution in [1.82, 2.24) is 15.4 Å². The number of carbonyl (C=O) groups is 1. The average Bonchev–Trinajstić information content (AvgIpc) is 2.68. The predicted molar refractivity (Wildman–Crippen MR) is 106 cm³/mol. The third-order valence-corrected chi connectivity index (χ3v) is 4.01. The lowest BCUT2D eigenvalue weighted by Gasteiger charge is -2.17. The summed E-state index contributed by atoms with van der Waals surface area (Å²) < 4.78 is 5.09. The van der Waals surface area contributed by atoms with Crippen LogP contribution in [0.25, 0.3) is 10.8 Å². The van der Waals surface area contributed by atoms with E-state index in [2.05, 4.69) is 26.1 Å². The zero-order valence-electron chi connectivity index (χ0n) is 15.2. The molecule has 0 fully saturated rings. The molecule has 0 saturated carbocycles. The zero-order valence-corrected chi connectivity index (χ0v) is 15.2. The molecule has 8 nitrogen and oxygen atoms in total. The molecule has 0 aliphatic rings. The fraction of sp³-hybridized carbons (Fsp3) is 0.211. The molecule has 140 valence electrons. The number of hydrogen-bond donors (Lipinski definition) is 4. The molecule has 1 unspecified atom stereocenters. The first kappa shape index (κ1) is 18.4. The molecule has 0 bridgehead atoms. The van der Waals surface area contributed by atoms with Gasteiger partial charge in [0.05, 0.1) is 6.61 Å². The predicted octanol–water partition coefficient (Wildman–Crippen LogP) is 2.42. The monoisotopic (exact) mass is 366 g/mol. The largest absolute Gasteiger partial charge is 0.393 e. The number of nitrogens with zero attached hydrogens (tertiary/aromatic N) is 2. The van der Waals surface area contributed by atoms with E-state index in [0.29, 0.717) is 29.5 Å². The lowest BCUT2D eigenvalue weighted by molar-refractivity contribution is 0.0964. The van der Waals surface area contributed by atoms with Crippen LogP contribution in [-0.2, 0) is 4.74 Å². The Balaban J connectivity index is 1.73. The maximum atomic E-state index is 12.6. The summed E-state index contributed by atoms with van der Waals surface area (Å²) in [6, 6.07) is 13.3. The fourth-order valence-electron chi connectivity index (χ4n) is 2.74. The molecule has 0 radical (unpaired) electrons. The number of rotatable bonds is 7. The van der Waals surface area contributed by atoms with Crippen LogP contribution in [0.1, 0.15) is 17.3 Å². The zero-order chi connectivity index (χ0) is 19.2. The maximum Gasteiger partial charge on any atom is 0.270 e. The van der Waals surface area contributed by atoms with Gasteiger partial charge in [0.15, 0.2) is 11.6 Å². The Kier molecular flexibility index (Phi) is 5.68. The van der Waals surface area contributed by atoms with Gasteiger partial charge in [-0.25, -0.2) is 9.97 Å². The number of methoxy groups -OCH3 is 1. The lowest BCUT2D eigenvalue weighted by Crippen LogP contribution is -2.31. The van der Waals surface area contributed by atoms with Crippen LogP contribution in [-0.4, -0.2) is 35.6 Å². The van der Waals surface area contributed by atoms with E-state index in [-0.39, 0.29) is 11.9 Å². The SMILES string of the molecule is COCC(C)Nc1ncnc(NNC(=O)c2cccc3ccccc23)c1N. The molecule has 1 atom stereocenters. The number of nitrogens with two attached hydrogens (primary N) is 1. The first-order valence-corrected chi connectivity index (χ1v) is 8.50. The van der Waals surface area contributed by atoms with Gasteiger partial charge < -0.3 is 15.8 Å². The van der Waals surface area contributed by atoms with Crippen molar-refractivity contribution in [1.29, 1.82) is 0 Å². The quantitative estimate of drug-likeness (QED) is 0.475. The molecular weight excluding hydrogens is 344 g/mol. The van der Waals surface area contributed by atoms with Gasteiger partial charge in [-0.05, 0) is 23.8 Å². The highest BCUT2D eigenvalue weighted by molar-refractivity contribution is 6.07. The summed E-state index contributed by atoms with van der Waals surface area (Å²) in [5.74, 6) is 0.495. The summed E-state index contributed by atoms with van der Waals surface area (Å²) in [7, 11) is 1.62. The second-order valence-electron chi connectivity index (χ2n) is 6.09. The van der Waals surface area contributed by atoms with Crippen LogP contribution in [0.15, 0.2) is 48.8 Å². The number of fused-ring (bicyclic) bond motifs is 1. The van der Waals surface area contributed by atoms with E-state index in [1.807, 2.05) is 43.3 Å².